The maximum atomic E-state index is 11.9. The van der Waals surface area contributed by atoms with Crippen LogP contribution >= 0.6 is 0 Å². The summed E-state index contributed by atoms with van der Waals surface area (Å²) in [7, 11) is 0. The Labute approximate surface area is 141 Å². The van der Waals surface area contributed by atoms with Crippen molar-refractivity contribution in [3.63, 3.8) is 0 Å². The Morgan fingerprint density at radius 1 is 1.00 bits per heavy atom. The number of hydrogen-bond acceptors (Lipinski definition) is 3. The number of nitrogens with zero attached hydrogens (tertiary/aromatic N) is 1. The molecule has 0 aliphatic rings. The fourth-order valence-corrected chi connectivity index (χ4v) is 2.50. The van der Waals surface area contributed by atoms with Crippen molar-refractivity contribution in [1.82, 2.24) is 5.43 Å². The Bertz CT molecular complexity index is 881. The molecule has 0 fully saturated rings. The molecule has 120 valence electrons. The molecule has 3 aromatic carbocycles. The van der Waals surface area contributed by atoms with Gasteiger partial charge in [-0.3, -0.25) is 4.79 Å². The summed E-state index contributed by atoms with van der Waals surface area (Å²) in [6, 6.07) is 21.9. The van der Waals surface area contributed by atoms with E-state index in [-0.39, 0.29) is 12.5 Å². The van der Waals surface area contributed by atoms with E-state index in [4.69, 9.17) is 0 Å². The van der Waals surface area contributed by atoms with Gasteiger partial charge >= 0.3 is 0 Å². The minimum Gasteiger partial charge on any atom is -0.376 e. The summed E-state index contributed by atoms with van der Waals surface area (Å²) in [5.41, 5.74) is 5.58. The predicted molar refractivity (Wildman–Crippen MR) is 99.4 cm³/mol. The van der Waals surface area contributed by atoms with Crippen molar-refractivity contribution in [2.24, 2.45) is 5.10 Å². The number of rotatable bonds is 5. The largest absolute Gasteiger partial charge is 0.376 e. The number of anilines is 1. The molecule has 0 saturated carbocycles. The first-order chi connectivity index (χ1) is 11.7. The molecule has 1 amide bonds. The highest BCUT2D eigenvalue weighted by molar-refractivity contribution is 5.95. The molecule has 4 heteroatoms. The fraction of sp³-hybridized carbons (Fsp3) is 0.100. The number of nitrogens with one attached hydrogen (secondary N) is 2. The van der Waals surface area contributed by atoms with Gasteiger partial charge in [-0.05, 0) is 29.5 Å². The van der Waals surface area contributed by atoms with Gasteiger partial charge in [-0.15, -0.1) is 0 Å². The molecule has 2 N–H and O–H groups in total. The highest BCUT2D eigenvalue weighted by atomic mass is 16.2. The van der Waals surface area contributed by atoms with Gasteiger partial charge in [0.2, 0.25) is 0 Å². The van der Waals surface area contributed by atoms with Crippen LogP contribution in [0.4, 0.5) is 5.69 Å². The van der Waals surface area contributed by atoms with Gasteiger partial charge in [0.15, 0.2) is 0 Å². The third-order valence-corrected chi connectivity index (χ3v) is 3.81. The molecule has 0 aliphatic carbocycles. The second-order valence-corrected chi connectivity index (χ2v) is 5.53. The van der Waals surface area contributed by atoms with E-state index in [1.165, 1.54) is 0 Å². The van der Waals surface area contributed by atoms with Gasteiger partial charge in [0, 0.05) is 11.1 Å². The van der Waals surface area contributed by atoms with Crippen LogP contribution in [-0.2, 0) is 4.79 Å². The van der Waals surface area contributed by atoms with Crippen molar-refractivity contribution >= 4 is 28.6 Å². The average Bonchev–Trinajstić information content (AvgIpc) is 2.61. The smallest absolute Gasteiger partial charge is 0.259 e. The van der Waals surface area contributed by atoms with Gasteiger partial charge in [-0.25, -0.2) is 5.43 Å². The summed E-state index contributed by atoms with van der Waals surface area (Å²) in [5, 5.41) is 9.41. The summed E-state index contributed by atoms with van der Waals surface area (Å²) >= 11 is 0. The van der Waals surface area contributed by atoms with E-state index < -0.39 is 0 Å². The van der Waals surface area contributed by atoms with Crippen LogP contribution in [0.15, 0.2) is 71.8 Å². The van der Waals surface area contributed by atoms with Crippen LogP contribution in [-0.4, -0.2) is 18.7 Å². The lowest BCUT2D eigenvalue weighted by Crippen LogP contribution is -2.26. The summed E-state index contributed by atoms with van der Waals surface area (Å²) in [4.78, 5) is 11.9. The maximum Gasteiger partial charge on any atom is 0.259 e. The summed E-state index contributed by atoms with van der Waals surface area (Å²) < 4.78 is 0. The Morgan fingerprint density at radius 3 is 2.62 bits per heavy atom. The maximum absolute atomic E-state index is 11.9. The molecule has 4 nitrogen and oxygen atoms in total. The number of benzene rings is 3. The van der Waals surface area contributed by atoms with Crippen molar-refractivity contribution in [2.75, 3.05) is 11.9 Å². The van der Waals surface area contributed by atoms with Crippen LogP contribution in [0.3, 0.4) is 0 Å². The van der Waals surface area contributed by atoms with E-state index in [0.29, 0.717) is 0 Å². The van der Waals surface area contributed by atoms with Gasteiger partial charge in [-0.1, -0.05) is 60.7 Å². The van der Waals surface area contributed by atoms with Gasteiger partial charge in [-0.2, -0.15) is 5.10 Å². The average molecular weight is 317 g/mol. The van der Waals surface area contributed by atoms with E-state index in [0.717, 1.165) is 27.6 Å². The van der Waals surface area contributed by atoms with Crippen molar-refractivity contribution in [2.45, 2.75) is 6.92 Å². The van der Waals surface area contributed by atoms with E-state index in [9.17, 15) is 4.79 Å². The van der Waals surface area contributed by atoms with Crippen LogP contribution < -0.4 is 10.7 Å². The lowest BCUT2D eigenvalue weighted by atomic mass is 10.1. The number of hydrogen-bond donors (Lipinski definition) is 2. The number of aryl methyl sites for hydroxylation is 1. The zero-order chi connectivity index (χ0) is 16.8. The summed E-state index contributed by atoms with van der Waals surface area (Å²) in [5.74, 6) is -0.187. The monoisotopic (exact) mass is 317 g/mol. The quantitative estimate of drug-likeness (QED) is 0.557. The highest BCUT2D eigenvalue weighted by Gasteiger charge is 2.03. The fourth-order valence-electron chi connectivity index (χ4n) is 2.50. The standard InChI is InChI=1S/C20H19N3O/c1-15-7-2-3-9-17(15)13-22-23-20(24)14-21-19-12-6-10-16-8-4-5-11-18(16)19/h2-13,21H,14H2,1H3,(H,23,24). The minimum atomic E-state index is -0.187. The van der Waals surface area contributed by atoms with Gasteiger partial charge in [0.25, 0.3) is 5.91 Å². The van der Waals surface area contributed by atoms with E-state index >= 15 is 0 Å². The number of fused-ring (bicyclic) bond motifs is 1. The van der Waals surface area contributed by atoms with Gasteiger partial charge in [0.1, 0.15) is 0 Å². The van der Waals surface area contributed by atoms with Crippen molar-refractivity contribution in [1.29, 1.82) is 0 Å². The van der Waals surface area contributed by atoms with E-state index in [2.05, 4.69) is 15.8 Å². The topological polar surface area (TPSA) is 53.5 Å². The number of carbonyl (C=O) groups excluding carboxylic acids is 1. The molecule has 0 aliphatic heterocycles. The molecule has 0 radical (unpaired) electrons. The molecule has 3 rings (SSSR count). The second kappa shape index (κ2) is 7.42. The molecular weight excluding hydrogens is 298 g/mol. The second-order valence-electron chi connectivity index (χ2n) is 5.53. The minimum absolute atomic E-state index is 0.166. The van der Waals surface area contributed by atoms with Crippen LogP contribution in [0, 0.1) is 6.92 Å². The molecular formula is C20H19N3O. The SMILES string of the molecule is Cc1ccccc1C=NNC(=O)CNc1cccc2ccccc12. The molecule has 0 saturated heterocycles. The van der Waals surface area contributed by atoms with E-state index in [1.54, 1.807) is 6.21 Å². The Morgan fingerprint density at radius 2 is 1.75 bits per heavy atom. The number of amides is 1. The zero-order valence-corrected chi connectivity index (χ0v) is 13.5. The number of carbonyl (C=O) groups is 1. The first kappa shape index (κ1) is 15.7. The first-order valence-corrected chi connectivity index (χ1v) is 7.83. The van der Waals surface area contributed by atoms with Crippen molar-refractivity contribution in [3.8, 4) is 0 Å². The molecule has 0 bridgehead atoms. The van der Waals surface area contributed by atoms with Crippen LogP contribution in [0.2, 0.25) is 0 Å². The predicted octanol–water partition coefficient (Wildman–Crippen LogP) is 3.71. The van der Waals surface area contributed by atoms with Crippen LogP contribution in [0.25, 0.3) is 10.8 Å². The van der Waals surface area contributed by atoms with Crippen LogP contribution in [0.1, 0.15) is 11.1 Å². The van der Waals surface area contributed by atoms with Crippen molar-refractivity contribution < 1.29 is 4.79 Å². The Kier molecular flexibility index (Phi) is 4.87. The van der Waals surface area contributed by atoms with E-state index in [1.807, 2.05) is 73.7 Å². The molecule has 0 aromatic heterocycles. The number of hydrazone groups is 1. The molecule has 0 heterocycles. The van der Waals surface area contributed by atoms with Gasteiger partial charge in [0.05, 0.1) is 12.8 Å². The molecule has 0 atom stereocenters. The summed E-state index contributed by atoms with van der Waals surface area (Å²) in [6.45, 7) is 2.17. The molecule has 3 aromatic rings. The third kappa shape index (κ3) is 3.79. The first-order valence-electron chi connectivity index (χ1n) is 7.83. The normalized spacial score (nSPS) is 10.9. The van der Waals surface area contributed by atoms with Crippen molar-refractivity contribution in [3.05, 3.63) is 77.9 Å². The zero-order valence-electron chi connectivity index (χ0n) is 13.5. The highest BCUT2D eigenvalue weighted by Crippen LogP contribution is 2.22. The Balaban J connectivity index is 1.58. The third-order valence-electron chi connectivity index (χ3n) is 3.81. The summed E-state index contributed by atoms with van der Waals surface area (Å²) in [6.07, 6.45) is 1.66. The lowest BCUT2D eigenvalue weighted by molar-refractivity contribution is -0.119. The lowest BCUT2D eigenvalue weighted by Gasteiger charge is -2.08. The molecule has 0 unspecified atom stereocenters. The molecule has 24 heavy (non-hydrogen) atoms. The Hall–Kier alpha value is -3.14. The molecule has 0 spiro atoms. The van der Waals surface area contributed by atoms with Crippen LogP contribution in [0.5, 0.6) is 0 Å². The van der Waals surface area contributed by atoms with Gasteiger partial charge < -0.3 is 5.32 Å².